The number of hydrogen-bond acceptors (Lipinski definition) is 4. The van der Waals surface area contributed by atoms with Crippen molar-refractivity contribution in [2.24, 2.45) is 0 Å². The molecule has 0 spiro atoms. The van der Waals surface area contributed by atoms with E-state index in [1.165, 1.54) is 5.56 Å². The summed E-state index contributed by atoms with van der Waals surface area (Å²) >= 11 is 0. The Morgan fingerprint density at radius 3 is 2.41 bits per heavy atom. The molecule has 6 heteroatoms. The molecule has 0 saturated heterocycles. The maximum atomic E-state index is 12.0. The molecule has 1 aromatic heterocycles. The van der Waals surface area contributed by atoms with E-state index in [9.17, 15) is 4.79 Å². The minimum atomic E-state index is -0.0450. The third-order valence-electron chi connectivity index (χ3n) is 4.76. The van der Waals surface area contributed by atoms with E-state index >= 15 is 0 Å². The average Bonchev–Trinajstić information content (AvgIpc) is 2.96. The van der Waals surface area contributed by atoms with Crippen LogP contribution in [0.15, 0.2) is 85.1 Å². The average molecular weight is 645 g/mol. The van der Waals surface area contributed by atoms with Gasteiger partial charge in [-0.05, 0) is 12.5 Å². The van der Waals surface area contributed by atoms with E-state index in [2.05, 4.69) is 32.7 Å². The van der Waals surface area contributed by atoms with Crippen LogP contribution in [0.4, 0.5) is 11.6 Å². The van der Waals surface area contributed by atoms with Gasteiger partial charge in [0.1, 0.15) is 0 Å². The molecule has 3 aromatic carbocycles. The van der Waals surface area contributed by atoms with Crippen molar-refractivity contribution in [2.75, 3.05) is 17.2 Å². The van der Waals surface area contributed by atoms with Crippen LogP contribution in [-0.4, -0.2) is 22.4 Å². The molecular weight excluding hydrogens is 622 g/mol. The van der Waals surface area contributed by atoms with Crippen LogP contribution in [0, 0.1) is 43.2 Å². The number of carbonyl (C=O) groups is 1. The molecule has 0 aliphatic carbocycles. The van der Waals surface area contributed by atoms with Gasteiger partial charge in [0.05, 0.1) is 17.8 Å². The number of fused-ring (bicyclic) bond motifs is 3. The molecule has 4 aromatic rings. The van der Waals surface area contributed by atoms with Crippen molar-refractivity contribution >= 4 is 17.5 Å². The summed E-state index contributed by atoms with van der Waals surface area (Å²) in [4.78, 5) is 21.1. The second kappa shape index (κ2) is 12.2. The van der Waals surface area contributed by atoms with Gasteiger partial charge >= 0.3 is 31.1 Å². The fourth-order valence-corrected chi connectivity index (χ4v) is 3.27. The Hall–Kier alpha value is -2.94. The third-order valence-corrected chi connectivity index (χ3v) is 4.76. The van der Waals surface area contributed by atoms with Gasteiger partial charge in [-0.15, -0.1) is 0 Å². The summed E-state index contributed by atoms with van der Waals surface area (Å²) in [5.41, 5.74) is 4.59. The number of rotatable bonds is 4. The van der Waals surface area contributed by atoms with Crippen LogP contribution in [0.2, 0.25) is 0 Å². The van der Waals surface area contributed by atoms with E-state index in [4.69, 9.17) is 0 Å². The van der Waals surface area contributed by atoms with Crippen LogP contribution < -0.4 is 10.6 Å². The molecule has 32 heavy (non-hydrogen) atoms. The second-order valence-corrected chi connectivity index (χ2v) is 7.00. The first-order valence-electron chi connectivity index (χ1n) is 10.1. The van der Waals surface area contributed by atoms with Gasteiger partial charge in [0.2, 0.25) is 11.9 Å². The molecule has 0 fully saturated rings. The smallest absolute Gasteiger partial charge is 0.354 e. The molecule has 5 rings (SSSR count). The van der Waals surface area contributed by atoms with Gasteiger partial charge in [-0.3, -0.25) is 4.79 Å². The number of nitrogens with one attached hydrogen (secondary N) is 2. The predicted octanol–water partition coefficient (Wildman–Crippen LogP) is 4.58. The molecule has 156 valence electrons. The van der Waals surface area contributed by atoms with Gasteiger partial charge in [0, 0.05) is 23.9 Å². The Morgan fingerprint density at radius 2 is 1.69 bits per heavy atom. The summed E-state index contributed by atoms with van der Waals surface area (Å²) in [6.45, 7) is 0.738. The van der Waals surface area contributed by atoms with E-state index < -0.39 is 0 Å². The Balaban J connectivity index is 0.000000360. The summed E-state index contributed by atoms with van der Waals surface area (Å²) in [6.07, 6.45) is 2.90. The Morgan fingerprint density at radius 1 is 0.938 bits per heavy atom. The Kier molecular flexibility index (Phi) is 9.03. The number of aromatic nitrogens is 2. The zero-order valence-corrected chi connectivity index (χ0v) is 21.7. The molecule has 1 amide bonds. The van der Waals surface area contributed by atoms with Gasteiger partial charge < -0.3 is 10.6 Å². The van der Waals surface area contributed by atoms with Crippen LogP contribution in [0.5, 0.6) is 0 Å². The summed E-state index contributed by atoms with van der Waals surface area (Å²) < 4.78 is 0. The minimum absolute atomic E-state index is 0. The fourth-order valence-electron chi connectivity index (χ4n) is 3.27. The molecule has 0 bridgehead atoms. The number of anilines is 2. The van der Waals surface area contributed by atoms with Crippen LogP contribution in [0.1, 0.15) is 11.1 Å². The molecule has 5 nitrogen and oxygen atoms in total. The Bertz CT molecular complexity index is 1110. The maximum absolute atomic E-state index is 12.0. The maximum Gasteiger partial charge on any atom is 2.00 e. The summed E-state index contributed by atoms with van der Waals surface area (Å²) in [5, 5.41) is 6.19. The molecular formula is C26H22N4OU. The molecule has 0 radical (unpaired) electrons. The zero-order valence-electron chi connectivity index (χ0n) is 17.5. The van der Waals surface area contributed by atoms with Gasteiger partial charge in [0.25, 0.3) is 0 Å². The van der Waals surface area contributed by atoms with Crippen molar-refractivity contribution in [3.63, 3.8) is 0 Å². The first-order chi connectivity index (χ1) is 15.3. The van der Waals surface area contributed by atoms with E-state index in [-0.39, 0.29) is 43.4 Å². The van der Waals surface area contributed by atoms with Gasteiger partial charge in [-0.1, -0.05) is 18.2 Å². The van der Waals surface area contributed by atoms with Gasteiger partial charge in [-0.2, -0.15) is 72.3 Å². The van der Waals surface area contributed by atoms with E-state index in [0.29, 0.717) is 5.95 Å². The third kappa shape index (κ3) is 6.53. The molecule has 1 aliphatic heterocycles. The number of amides is 1. The molecule has 2 N–H and O–H groups in total. The normalized spacial score (nSPS) is 11.3. The number of nitrogens with zero attached hydrogens (tertiary/aromatic N) is 2. The summed E-state index contributed by atoms with van der Waals surface area (Å²) in [6, 6.07) is 31.1. The van der Waals surface area contributed by atoms with Crippen molar-refractivity contribution in [1.29, 1.82) is 0 Å². The van der Waals surface area contributed by atoms with Gasteiger partial charge in [-0.25, -0.2) is 9.97 Å². The van der Waals surface area contributed by atoms with Crippen LogP contribution >= 0.6 is 0 Å². The topological polar surface area (TPSA) is 66.9 Å². The molecule has 1 aliphatic rings. The fraction of sp³-hybridized carbons (Fsp3) is 0.115. The van der Waals surface area contributed by atoms with E-state index in [0.717, 1.165) is 35.5 Å². The first-order valence-corrected chi connectivity index (χ1v) is 10.1. The number of carbonyl (C=O) groups excluding carboxylic acids is 1. The molecule has 0 atom stereocenters. The van der Waals surface area contributed by atoms with E-state index in [1.54, 1.807) is 6.20 Å². The van der Waals surface area contributed by atoms with Crippen molar-refractivity contribution in [3.8, 4) is 11.3 Å². The van der Waals surface area contributed by atoms with E-state index in [1.807, 2.05) is 78.9 Å². The van der Waals surface area contributed by atoms with Crippen molar-refractivity contribution < 1.29 is 35.9 Å². The zero-order chi connectivity index (χ0) is 21.3. The number of hydrogen-bond donors (Lipinski definition) is 2. The largest absolute Gasteiger partial charge is 2.00 e. The molecule has 0 saturated carbocycles. The first kappa shape index (κ1) is 23.7. The minimum Gasteiger partial charge on any atom is -0.354 e. The SMILES string of the molecule is O=C1Cc2cnc(NCCc3cc[c-]cc3)nc2-c2ccccc2N1.[U+2].[c-]1ccccc1. The monoisotopic (exact) mass is 644 g/mol. The van der Waals surface area contributed by atoms with Crippen molar-refractivity contribution in [2.45, 2.75) is 12.8 Å². The Labute approximate surface area is 212 Å². The molecule has 2 heterocycles. The van der Waals surface area contributed by atoms with Crippen molar-refractivity contribution in [1.82, 2.24) is 9.97 Å². The quantitative estimate of drug-likeness (QED) is 0.320. The summed E-state index contributed by atoms with van der Waals surface area (Å²) in [5.74, 6) is 0.529. The second-order valence-electron chi connectivity index (χ2n) is 7.00. The predicted molar refractivity (Wildman–Crippen MR) is 123 cm³/mol. The molecule has 0 unspecified atom stereocenters. The van der Waals surface area contributed by atoms with Gasteiger partial charge in [0.15, 0.2) is 0 Å². The van der Waals surface area contributed by atoms with Crippen molar-refractivity contribution in [3.05, 3.63) is 108 Å². The van der Waals surface area contributed by atoms with Crippen LogP contribution in [0.25, 0.3) is 11.3 Å². The van der Waals surface area contributed by atoms with Crippen LogP contribution in [-0.2, 0) is 17.6 Å². The number of benzene rings is 3. The van der Waals surface area contributed by atoms with Crippen LogP contribution in [0.3, 0.4) is 0 Å². The number of para-hydroxylation sites is 1. The summed E-state index contributed by atoms with van der Waals surface area (Å²) in [7, 11) is 0. The standard InChI is InChI=1S/C20H17N4O.C6H5.U/c25-18-12-15-13-22-20(21-11-10-14-6-2-1-3-7-14)24-19(15)16-8-4-5-9-17(16)23-18;1-2-4-6-5-3-1;/h2-9,13H,10-12H2,(H,23,25)(H,21,22,24);1-5H;/q2*-1;+2.